The number of rotatable bonds is 3. The number of piperidine rings is 1. The van der Waals surface area contributed by atoms with Crippen molar-refractivity contribution in [3.05, 3.63) is 35.4 Å². The molecule has 0 bridgehead atoms. The molecule has 0 aliphatic carbocycles. The molecule has 3 unspecified atom stereocenters. The van der Waals surface area contributed by atoms with E-state index < -0.39 is 23.5 Å². The van der Waals surface area contributed by atoms with Crippen molar-refractivity contribution in [3.8, 4) is 0 Å². The molecule has 0 saturated carbocycles. The summed E-state index contributed by atoms with van der Waals surface area (Å²) < 4.78 is 26.8. The van der Waals surface area contributed by atoms with Gasteiger partial charge in [0.1, 0.15) is 11.6 Å². The first-order valence-electron chi connectivity index (χ1n) is 6.80. The van der Waals surface area contributed by atoms with Gasteiger partial charge in [-0.1, -0.05) is 13.0 Å². The average Bonchev–Trinajstić information content (AvgIpc) is 2.37. The van der Waals surface area contributed by atoms with Gasteiger partial charge < -0.3 is 5.11 Å². The lowest BCUT2D eigenvalue weighted by molar-refractivity contribution is -0.144. The van der Waals surface area contributed by atoms with E-state index in [9.17, 15) is 13.6 Å². The summed E-state index contributed by atoms with van der Waals surface area (Å²) >= 11 is 0. The number of halogens is 2. The fraction of sp³-hybridized carbons (Fsp3) is 0.533. The highest BCUT2D eigenvalue weighted by atomic mass is 19.1. The van der Waals surface area contributed by atoms with Crippen LogP contribution in [0.5, 0.6) is 0 Å². The van der Waals surface area contributed by atoms with E-state index in [4.69, 9.17) is 5.11 Å². The summed E-state index contributed by atoms with van der Waals surface area (Å²) in [6.07, 6.45) is 0.643. The molecule has 3 atom stereocenters. The molecule has 0 spiro atoms. The molecule has 1 fully saturated rings. The Bertz CT molecular complexity index is 507. The zero-order valence-corrected chi connectivity index (χ0v) is 11.6. The molecule has 1 saturated heterocycles. The molecule has 3 nitrogen and oxygen atoms in total. The van der Waals surface area contributed by atoms with Gasteiger partial charge in [-0.2, -0.15) is 0 Å². The van der Waals surface area contributed by atoms with Gasteiger partial charge in [0.05, 0.1) is 5.92 Å². The third-order valence-corrected chi connectivity index (χ3v) is 4.00. The predicted molar refractivity (Wildman–Crippen MR) is 71.3 cm³/mol. The Hall–Kier alpha value is -1.49. The van der Waals surface area contributed by atoms with Crippen LogP contribution in [0.25, 0.3) is 0 Å². The summed E-state index contributed by atoms with van der Waals surface area (Å²) in [5.41, 5.74) is 0.407. The number of carboxylic acids is 1. The Morgan fingerprint density at radius 2 is 2.10 bits per heavy atom. The maximum absolute atomic E-state index is 13.8. The minimum absolute atomic E-state index is 0.246. The number of nitrogens with zero attached hydrogens (tertiary/aromatic N) is 1. The Kier molecular flexibility index (Phi) is 4.38. The van der Waals surface area contributed by atoms with Crippen molar-refractivity contribution in [1.29, 1.82) is 0 Å². The molecule has 110 valence electrons. The molecule has 20 heavy (non-hydrogen) atoms. The second-order valence-electron chi connectivity index (χ2n) is 5.67. The monoisotopic (exact) mass is 283 g/mol. The van der Waals surface area contributed by atoms with Crippen molar-refractivity contribution >= 4 is 5.97 Å². The highest BCUT2D eigenvalue weighted by Crippen LogP contribution is 2.30. The third-order valence-electron chi connectivity index (χ3n) is 4.00. The first-order valence-corrected chi connectivity index (χ1v) is 6.80. The van der Waals surface area contributed by atoms with Gasteiger partial charge in [-0.15, -0.1) is 0 Å². The van der Waals surface area contributed by atoms with Crippen LogP contribution < -0.4 is 0 Å². The summed E-state index contributed by atoms with van der Waals surface area (Å²) in [5, 5.41) is 9.17. The van der Waals surface area contributed by atoms with Gasteiger partial charge in [0.2, 0.25) is 0 Å². The van der Waals surface area contributed by atoms with E-state index >= 15 is 0 Å². The third kappa shape index (κ3) is 3.15. The van der Waals surface area contributed by atoms with Gasteiger partial charge in [-0.05, 0) is 25.3 Å². The minimum atomic E-state index is -0.812. The Labute approximate surface area is 117 Å². The van der Waals surface area contributed by atoms with Gasteiger partial charge in [0.15, 0.2) is 0 Å². The van der Waals surface area contributed by atoms with Gasteiger partial charge in [-0.25, -0.2) is 8.78 Å². The highest BCUT2D eigenvalue weighted by molar-refractivity contribution is 5.70. The second-order valence-corrected chi connectivity index (χ2v) is 5.67. The quantitative estimate of drug-likeness (QED) is 0.926. The van der Waals surface area contributed by atoms with Crippen molar-refractivity contribution in [1.82, 2.24) is 4.90 Å². The van der Waals surface area contributed by atoms with E-state index in [-0.39, 0.29) is 12.0 Å². The Morgan fingerprint density at radius 3 is 2.70 bits per heavy atom. The van der Waals surface area contributed by atoms with Crippen molar-refractivity contribution in [2.24, 2.45) is 11.8 Å². The van der Waals surface area contributed by atoms with Crippen molar-refractivity contribution in [2.75, 3.05) is 13.1 Å². The molecule has 0 radical (unpaired) electrons. The Morgan fingerprint density at radius 1 is 1.40 bits per heavy atom. The first-order chi connectivity index (χ1) is 9.38. The molecule has 1 aromatic carbocycles. The SMILES string of the molecule is CC1CC(C(=O)O)CN(C(C)c2ccc(F)cc2F)C1. The number of carbonyl (C=O) groups is 1. The maximum atomic E-state index is 13.8. The van der Waals surface area contributed by atoms with Gasteiger partial charge in [0, 0.05) is 30.8 Å². The van der Waals surface area contributed by atoms with Crippen LogP contribution in [0.15, 0.2) is 18.2 Å². The van der Waals surface area contributed by atoms with Gasteiger partial charge >= 0.3 is 5.97 Å². The molecule has 1 N–H and O–H groups in total. The van der Waals surface area contributed by atoms with Crippen molar-refractivity contribution < 1.29 is 18.7 Å². The summed E-state index contributed by atoms with van der Waals surface area (Å²) in [7, 11) is 0. The summed E-state index contributed by atoms with van der Waals surface area (Å²) in [6, 6.07) is 3.27. The fourth-order valence-corrected chi connectivity index (χ4v) is 2.92. The molecule has 2 rings (SSSR count). The topological polar surface area (TPSA) is 40.5 Å². The minimum Gasteiger partial charge on any atom is -0.481 e. The van der Waals surface area contributed by atoms with E-state index in [0.717, 1.165) is 12.6 Å². The molecule has 1 aliphatic rings. The fourth-order valence-electron chi connectivity index (χ4n) is 2.92. The normalized spacial score (nSPS) is 25.4. The average molecular weight is 283 g/mol. The lowest BCUT2D eigenvalue weighted by atomic mass is 9.89. The largest absolute Gasteiger partial charge is 0.481 e. The number of hydrogen-bond donors (Lipinski definition) is 1. The number of hydrogen-bond acceptors (Lipinski definition) is 2. The molecule has 1 aromatic rings. The van der Waals surface area contributed by atoms with Crippen LogP contribution >= 0.6 is 0 Å². The van der Waals surface area contributed by atoms with Crippen LogP contribution in [0.3, 0.4) is 0 Å². The molecular formula is C15H19F2NO2. The number of benzene rings is 1. The van der Waals surface area contributed by atoms with Crippen molar-refractivity contribution in [3.63, 3.8) is 0 Å². The van der Waals surface area contributed by atoms with E-state index in [1.807, 2.05) is 18.7 Å². The molecule has 1 heterocycles. The highest BCUT2D eigenvalue weighted by Gasteiger charge is 2.32. The molecule has 5 heteroatoms. The van der Waals surface area contributed by atoms with Crippen LogP contribution in [0, 0.1) is 23.5 Å². The number of carboxylic acid groups (broad SMARTS) is 1. The summed E-state index contributed by atoms with van der Waals surface area (Å²) in [4.78, 5) is 13.1. The standard InChI is InChI=1S/C15H19F2NO2/c1-9-5-11(15(19)20)8-18(7-9)10(2)13-4-3-12(16)6-14(13)17/h3-4,6,9-11H,5,7-8H2,1-2H3,(H,19,20). The van der Waals surface area contributed by atoms with Crippen LogP contribution in [0.2, 0.25) is 0 Å². The van der Waals surface area contributed by atoms with Gasteiger partial charge in [0.25, 0.3) is 0 Å². The van der Waals surface area contributed by atoms with Crippen LogP contribution in [-0.4, -0.2) is 29.1 Å². The second kappa shape index (κ2) is 5.87. The van der Waals surface area contributed by atoms with E-state index in [1.54, 1.807) is 0 Å². The van der Waals surface area contributed by atoms with Crippen LogP contribution in [0.1, 0.15) is 31.9 Å². The maximum Gasteiger partial charge on any atom is 0.307 e. The number of likely N-dealkylation sites (tertiary alicyclic amines) is 1. The van der Waals surface area contributed by atoms with Crippen LogP contribution in [0.4, 0.5) is 8.78 Å². The lowest BCUT2D eigenvalue weighted by Gasteiger charge is -2.38. The van der Waals surface area contributed by atoms with Gasteiger partial charge in [-0.3, -0.25) is 9.69 Å². The van der Waals surface area contributed by atoms with E-state index in [0.29, 0.717) is 18.5 Å². The summed E-state index contributed by atoms with van der Waals surface area (Å²) in [5.74, 6) is -2.18. The zero-order valence-electron chi connectivity index (χ0n) is 11.6. The molecular weight excluding hydrogens is 264 g/mol. The smallest absolute Gasteiger partial charge is 0.307 e. The molecule has 0 amide bonds. The zero-order chi connectivity index (χ0) is 14.9. The lowest BCUT2D eigenvalue weighted by Crippen LogP contribution is -2.43. The van der Waals surface area contributed by atoms with E-state index in [1.165, 1.54) is 12.1 Å². The van der Waals surface area contributed by atoms with E-state index in [2.05, 4.69) is 0 Å². The summed E-state index contributed by atoms with van der Waals surface area (Å²) in [6.45, 7) is 4.95. The molecule has 1 aliphatic heterocycles. The predicted octanol–water partition coefficient (Wildman–Crippen LogP) is 3.07. The van der Waals surface area contributed by atoms with Crippen molar-refractivity contribution in [2.45, 2.75) is 26.3 Å². The Balaban J connectivity index is 2.19. The molecule has 0 aromatic heterocycles. The van der Waals surface area contributed by atoms with Crippen LogP contribution in [-0.2, 0) is 4.79 Å². The first kappa shape index (κ1) is 14.9. The number of aliphatic carboxylic acids is 1.